The summed E-state index contributed by atoms with van der Waals surface area (Å²) >= 11 is 0. The number of imide groups is 1. The minimum atomic E-state index is -0.844. The number of alkyl carbamates (subject to hydrolysis) is 1. The largest absolute Gasteiger partial charge is 0.419 e. The van der Waals surface area contributed by atoms with E-state index in [1.807, 2.05) is 20.8 Å². The van der Waals surface area contributed by atoms with Crippen LogP contribution in [0.3, 0.4) is 0 Å². The molecule has 4 rings (SSSR count). The quantitative estimate of drug-likeness (QED) is 0.570. The average Bonchev–Trinajstić information content (AvgIpc) is 3.32. The molecule has 3 aromatic rings. The molecule has 1 saturated heterocycles. The van der Waals surface area contributed by atoms with Crippen LogP contribution in [-0.4, -0.2) is 26.8 Å². The maximum atomic E-state index is 14.8. The smallest absolute Gasteiger partial charge is 0.404 e. The molecule has 0 saturated carbocycles. The van der Waals surface area contributed by atoms with E-state index in [-0.39, 0.29) is 11.3 Å². The first-order chi connectivity index (χ1) is 15.3. The highest BCUT2D eigenvalue weighted by Gasteiger charge is 2.35. The third-order valence-corrected chi connectivity index (χ3v) is 6.08. The van der Waals surface area contributed by atoms with Gasteiger partial charge >= 0.3 is 6.09 Å². The van der Waals surface area contributed by atoms with Gasteiger partial charge in [0.1, 0.15) is 5.82 Å². The molecule has 3 heterocycles. The molecule has 32 heavy (non-hydrogen) atoms. The number of nitrogens with one attached hydrogen (secondary N) is 2. The summed E-state index contributed by atoms with van der Waals surface area (Å²) in [5.41, 5.74) is 0.514. The van der Waals surface area contributed by atoms with Crippen molar-refractivity contribution in [2.45, 2.75) is 45.6 Å². The van der Waals surface area contributed by atoms with Gasteiger partial charge in [0.15, 0.2) is 5.76 Å². The Labute approximate surface area is 183 Å². The number of hydrogen-bond donors (Lipinski definition) is 2. The zero-order valence-corrected chi connectivity index (χ0v) is 18.0. The minimum absolute atomic E-state index is 0.133. The zero-order valence-electron chi connectivity index (χ0n) is 18.0. The van der Waals surface area contributed by atoms with Crippen molar-refractivity contribution in [1.82, 2.24) is 20.1 Å². The molecule has 0 spiro atoms. The lowest BCUT2D eigenvalue weighted by atomic mass is 9.75. The van der Waals surface area contributed by atoms with Crippen LogP contribution in [0, 0.1) is 5.82 Å². The standard InChI is InChI=1S/C23H23FN4O4/c1-4-23(5-2,11-19-21(30)27-22(31)32-19)15-7-8-17(26-20(15)29)14-10-18-13(9-16(14)24)12-25-28(18)6-3/h7-12H,4-6H2,1-3H3,(H,26,29)(H,27,30,31)/b19-11+. The Morgan fingerprint density at radius 3 is 2.50 bits per heavy atom. The number of benzene rings is 1. The van der Waals surface area contributed by atoms with Crippen LogP contribution in [0.25, 0.3) is 22.2 Å². The Hall–Kier alpha value is -3.75. The number of amides is 2. The maximum absolute atomic E-state index is 14.8. The van der Waals surface area contributed by atoms with Crippen molar-refractivity contribution in [2.75, 3.05) is 0 Å². The molecule has 0 unspecified atom stereocenters. The minimum Gasteiger partial charge on any atom is -0.404 e. The molecule has 1 fully saturated rings. The van der Waals surface area contributed by atoms with Crippen LogP contribution in [0.2, 0.25) is 0 Å². The van der Waals surface area contributed by atoms with Crippen LogP contribution in [0.1, 0.15) is 39.2 Å². The van der Waals surface area contributed by atoms with Crippen LogP contribution in [0.4, 0.5) is 9.18 Å². The lowest BCUT2D eigenvalue weighted by Crippen LogP contribution is -2.31. The van der Waals surface area contributed by atoms with Gasteiger partial charge in [0.25, 0.3) is 11.5 Å². The lowest BCUT2D eigenvalue weighted by molar-refractivity contribution is -0.116. The van der Waals surface area contributed by atoms with E-state index in [0.29, 0.717) is 36.0 Å². The molecule has 1 aliphatic heterocycles. The molecule has 0 aliphatic carbocycles. The summed E-state index contributed by atoms with van der Waals surface area (Å²) in [5, 5.41) is 6.98. The van der Waals surface area contributed by atoms with E-state index in [1.165, 1.54) is 12.1 Å². The molecule has 0 atom stereocenters. The first-order valence-corrected chi connectivity index (χ1v) is 10.5. The van der Waals surface area contributed by atoms with Gasteiger partial charge in [0.05, 0.1) is 17.4 Å². The number of cyclic esters (lactones) is 1. The number of halogens is 1. The summed E-state index contributed by atoms with van der Waals surface area (Å²) < 4.78 is 21.5. The predicted molar refractivity (Wildman–Crippen MR) is 116 cm³/mol. The summed E-state index contributed by atoms with van der Waals surface area (Å²) in [6, 6.07) is 6.35. The summed E-state index contributed by atoms with van der Waals surface area (Å²) in [5.74, 6) is -1.24. The number of allylic oxidation sites excluding steroid dienone is 1. The monoisotopic (exact) mass is 438 g/mol. The molecule has 2 aromatic heterocycles. The van der Waals surface area contributed by atoms with Gasteiger partial charge < -0.3 is 9.72 Å². The lowest BCUT2D eigenvalue weighted by Gasteiger charge is -2.28. The van der Waals surface area contributed by atoms with E-state index >= 15 is 0 Å². The van der Waals surface area contributed by atoms with E-state index in [9.17, 15) is 18.8 Å². The second-order valence-electron chi connectivity index (χ2n) is 7.68. The number of pyridine rings is 1. The van der Waals surface area contributed by atoms with E-state index < -0.39 is 28.8 Å². The van der Waals surface area contributed by atoms with E-state index in [2.05, 4.69) is 15.4 Å². The molecular weight excluding hydrogens is 415 g/mol. The Bertz CT molecular complexity index is 1320. The number of nitrogens with zero attached hydrogens (tertiary/aromatic N) is 2. The van der Waals surface area contributed by atoms with Crippen LogP contribution in [0.5, 0.6) is 0 Å². The van der Waals surface area contributed by atoms with Crippen molar-refractivity contribution >= 4 is 22.9 Å². The van der Waals surface area contributed by atoms with Crippen molar-refractivity contribution in [2.24, 2.45) is 0 Å². The topological polar surface area (TPSA) is 106 Å². The summed E-state index contributed by atoms with van der Waals surface area (Å²) in [7, 11) is 0. The molecule has 8 nitrogen and oxygen atoms in total. The fourth-order valence-electron chi connectivity index (χ4n) is 4.16. The third-order valence-electron chi connectivity index (χ3n) is 6.08. The third kappa shape index (κ3) is 3.49. The highest BCUT2D eigenvalue weighted by molar-refractivity contribution is 6.07. The number of aryl methyl sites for hydroxylation is 1. The summed E-state index contributed by atoms with van der Waals surface area (Å²) in [6.45, 7) is 6.33. The molecule has 2 N–H and O–H groups in total. The van der Waals surface area contributed by atoms with E-state index in [4.69, 9.17) is 4.74 Å². The van der Waals surface area contributed by atoms with Crippen molar-refractivity contribution in [1.29, 1.82) is 0 Å². The summed E-state index contributed by atoms with van der Waals surface area (Å²) in [4.78, 5) is 39.2. The van der Waals surface area contributed by atoms with E-state index in [1.54, 1.807) is 29.1 Å². The first kappa shape index (κ1) is 21.5. The number of H-pyrrole nitrogens is 1. The molecule has 9 heteroatoms. The number of ether oxygens (including phenoxy) is 1. The molecule has 166 valence electrons. The Kier molecular flexibility index (Phi) is 5.41. The predicted octanol–water partition coefficient (Wildman–Crippen LogP) is 3.76. The van der Waals surface area contributed by atoms with Gasteiger partial charge in [-0.15, -0.1) is 0 Å². The molecule has 0 bridgehead atoms. The van der Waals surface area contributed by atoms with Gasteiger partial charge in [0.2, 0.25) is 0 Å². The summed E-state index contributed by atoms with van der Waals surface area (Å²) in [6.07, 6.45) is 3.24. The highest BCUT2D eigenvalue weighted by atomic mass is 19.1. The van der Waals surface area contributed by atoms with Crippen LogP contribution in [0.15, 0.2) is 47.1 Å². The van der Waals surface area contributed by atoms with Gasteiger partial charge in [-0.25, -0.2) is 9.18 Å². The maximum Gasteiger partial charge on any atom is 0.419 e. The second-order valence-corrected chi connectivity index (χ2v) is 7.68. The number of fused-ring (bicyclic) bond motifs is 1. The SMILES string of the molecule is CCn1ncc2cc(F)c(-c3ccc(C(/C=C4/OC(=O)NC4=O)(CC)CC)c(=O)[nH]3)cc21. The first-order valence-electron chi connectivity index (χ1n) is 10.5. The second kappa shape index (κ2) is 8.07. The van der Waals surface area contributed by atoms with Crippen molar-refractivity contribution in [3.63, 3.8) is 0 Å². The molecule has 2 amide bonds. The van der Waals surface area contributed by atoms with Crippen molar-refractivity contribution < 1.29 is 18.7 Å². The normalized spacial score (nSPS) is 15.4. The van der Waals surface area contributed by atoms with Gasteiger partial charge in [-0.2, -0.15) is 5.10 Å². The molecular formula is C23H23FN4O4. The number of carbonyl (C=O) groups is 2. The van der Waals surface area contributed by atoms with Crippen molar-refractivity contribution in [3.8, 4) is 11.3 Å². The van der Waals surface area contributed by atoms with E-state index in [0.717, 1.165) is 5.52 Å². The van der Waals surface area contributed by atoms with Crippen LogP contribution < -0.4 is 10.9 Å². The fraction of sp³-hybridized carbons (Fsp3) is 0.304. The molecule has 1 aromatic carbocycles. The Morgan fingerprint density at radius 2 is 1.91 bits per heavy atom. The fourth-order valence-corrected chi connectivity index (χ4v) is 4.16. The van der Waals surface area contributed by atoms with Crippen LogP contribution >= 0.6 is 0 Å². The zero-order chi connectivity index (χ0) is 23.0. The molecule has 1 aliphatic rings. The highest BCUT2D eigenvalue weighted by Crippen LogP contribution is 2.34. The Balaban J connectivity index is 1.81. The van der Waals surface area contributed by atoms with Gasteiger partial charge in [0, 0.05) is 28.5 Å². The average molecular weight is 438 g/mol. The van der Waals surface area contributed by atoms with Crippen molar-refractivity contribution in [3.05, 3.63) is 64.0 Å². The molecule has 0 radical (unpaired) electrons. The number of hydrogen-bond acceptors (Lipinski definition) is 5. The van der Waals surface area contributed by atoms with Gasteiger partial charge in [-0.05, 0) is 44.0 Å². The Morgan fingerprint density at radius 1 is 1.16 bits per heavy atom. The number of aromatic nitrogens is 3. The van der Waals surface area contributed by atoms with Crippen LogP contribution in [-0.2, 0) is 21.5 Å². The van der Waals surface area contributed by atoms with Gasteiger partial charge in [-0.1, -0.05) is 19.9 Å². The number of carbonyl (C=O) groups excluding carboxylic acids is 2. The van der Waals surface area contributed by atoms with Gasteiger partial charge in [-0.3, -0.25) is 19.6 Å². The number of aromatic amines is 1. The number of rotatable bonds is 6.